The van der Waals surface area contributed by atoms with Crippen LogP contribution in [0.1, 0.15) is 19.8 Å². The fraction of sp³-hybridized carbons (Fsp3) is 0.471. The second-order valence-electron chi connectivity index (χ2n) is 5.91. The second-order valence-corrected chi connectivity index (χ2v) is 5.91. The molecule has 0 radical (unpaired) electrons. The van der Waals surface area contributed by atoms with Crippen molar-refractivity contribution in [1.82, 2.24) is 10.2 Å². The Morgan fingerprint density at radius 1 is 1.36 bits per heavy atom. The van der Waals surface area contributed by atoms with Gasteiger partial charge >= 0.3 is 12.0 Å². The third-order valence-corrected chi connectivity index (χ3v) is 3.86. The van der Waals surface area contributed by atoms with E-state index in [1.807, 2.05) is 0 Å². The molecule has 1 aromatic rings. The van der Waals surface area contributed by atoms with Crippen molar-refractivity contribution in [3.05, 3.63) is 24.3 Å². The summed E-state index contributed by atoms with van der Waals surface area (Å²) < 4.78 is 5.55. The molecule has 1 atom stereocenters. The number of nitrogens with zero attached hydrogens (tertiary/aromatic N) is 1. The zero-order valence-electron chi connectivity index (χ0n) is 14.2. The number of aliphatic carboxylic acids is 1. The van der Waals surface area contributed by atoms with Crippen LogP contribution in [0.15, 0.2) is 24.3 Å². The molecule has 3 N–H and O–H groups in total. The van der Waals surface area contributed by atoms with Gasteiger partial charge in [-0.05, 0) is 25.0 Å². The maximum absolute atomic E-state index is 12.1. The van der Waals surface area contributed by atoms with Gasteiger partial charge in [0.1, 0.15) is 12.4 Å². The van der Waals surface area contributed by atoms with Gasteiger partial charge < -0.3 is 25.4 Å². The van der Waals surface area contributed by atoms with E-state index in [9.17, 15) is 14.4 Å². The molecule has 1 unspecified atom stereocenters. The number of piperidine rings is 1. The van der Waals surface area contributed by atoms with Crippen LogP contribution >= 0.6 is 0 Å². The van der Waals surface area contributed by atoms with Crippen molar-refractivity contribution < 1.29 is 24.2 Å². The lowest BCUT2D eigenvalue weighted by atomic mass is 9.99. The highest BCUT2D eigenvalue weighted by Gasteiger charge is 2.27. The number of ether oxygens (including phenoxy) is 1. The zero-order chi connectivity index (χ0) is 18.2. The standard InChI is InChI=1S/C17H23N3O5/c1-12(21)19-14-5-2-6-15(10-14)25-9-7-18-17(24)20-8-3-4-13(11-20)16(22)23/h2,5-6,10,13H,3-4,7-9,11H2,1H3,(H,18,24)(H,19,21)(H,22,23). The summed E-state index contributed by atoms with van der Waals surface area (Å²) in [5.74, 6) is -0.929. The van der Waals surface area contributed by atoms with Crippen molar-refractivity contribution in [3.8, 4) is 5.75 Å². The number of carboxylic acids is 1. The molecule has 8 heteroatoms. The number of anilines is 1. The van der Waals surface area contributed by atoms with Gasteiger partial charge in [-0.15, -0.1) is 0 Å². The Morgan fingerprint density at radius 3 is 2.88 bits per heavy atom. The molecular formula is C17H23N3O5. The van der Waals surface area contributed by atoms with Crippen LogP contribution in [0.3, 0.4) is 0 Å². The Hall–Kier alpha value is -2.77. The number of nitrogens with one attached hydrogen (secondary N) is 2. The maximum Gasteiger partial charge on any atom is 0.317 e. The molecule has 2 rings (SSSR count). The minimum absolute atomic E-state index is 0.161. The van der Waals surface area contributed by atoms with Gasteiger partial charge in [0.05, 0.1) is 12.5 Å². The summed E-state index contributed by atoms with van der Waals surface area (Å²) in [5.41, 5.74) is 0.641. The van der Waals surface area contributed by atoms with Crippen molar-refractivity contribution >= 4 is 23.6 Å². The van der Waals surface area contributed by atoms with Crippen molar-refractivity contribution in [2.45, 2.75) is 19.8 Å². The first-order valence-electron chi connectivity index (χ1n) is 8.21. The first-order valence-corrected chi connectivity index (χ1v) is 8.21. The maximum atomic E-state index is 12.1. The third kappa shape index (κ3) is 5.98. The van der Waals surface area contributed by atoms with Crippen molar-refractivity contribution in [1.29, 1.82) is 0 Å². The van der Waals surface area contributed by atoms with E-state index in [4.69, 9.17) is 9.84 Å². The summed E-state index contributed by atoms with van der Waals surface area (Å²) in [6, 6.07) is 6.70. The molecule has 1 aliphatic rings. The first kappa shape index (κ1) is 18.6. The van der Waals surface area contributed by atoms with Crippen LogP contribution in [-0.4, -0.2) is 54.2 Å². The number of hydrogen-bond donors (Lipinski definition) is 3. The Bertz CT molecular complexity index is 634. The Kier molecular flexibility index (Phi) is 6.62. The quantitative estimate of drug-likeness (QED) is 0.675. The highest BCUT2D eigenvalue weighted by Crippen LogP contribution is 2.18. The smallest absolute Gasteiger partial charge is 0.317 e. The third-order valence-electron chi connectivity index (χ3n) is 3.86. The molecule has 3 amide bonds. The van der Waals surface area contributed by atoms with Gasteiger partial charge in [0.2, 0.25) is 5.91 Å². The van der Waals surface area contributed by atoms with Gasteiger partial charge in [-0.1, -0.05) is 6.07 Å². The van der Waals surface area contributed by atoms with Crippen LogP contribution in [0.5, 0.6) is 5.75 Å². The van der Waals surface area contributed by atoms with E-state index >= 15 is 0 Å². The molecule has 1 heterocycles. The molecule has 1 aromatic carbocycles. The van der Waals surface area contributed by atoms with E-state index in [-0.39, 0.29) is 25.1 Å². The second kappa shape index (κ2) is 8.91. The summed E-state index contributed by atoms with van der Waals surface area (Å²) in [6.45, 7) is 2.80. The van der Waals surface area contributed by atoms with Crippen molar-refractivity contribution in [2.75, 3.05) is 31.6 Å². The first-order chi connectivity index (χ1) is 12.0. The number of carboxylic acid groups (broad SMARTS) is 1. The van der Waals surface area contributed by atoms with Crippen LogP contribution in [0.25, 0.3) is 0 Å². The summed E-state index contributed by atoms with van der Waals surface area (Å²) >= 11 is 0. The van der Waals surface area contributed by atoms with E-state index in [0.29, 0.717) is 37.4 Å². The van der Waals surface area contributed by atoms with Crippen LogP contribution in [0.4, 0.5) is 10.5 Å². The molecule has 0 spiro atoms. The number of hydrogen-bond acceptors (Lipinski definition) is 4. The van der Waals surface area contributed by atoms with Gasteiger partial charge in [-0.25, -0.2) is 4.79 Å². The lowest BCUT2D eigenvalue weighted by Crippen LogP contribution is -2.47. The van der Waals surface area contributed by atoms with Crippen molar-refractivity contribution in [2.24, 2.45) is 5.92 Å². The van der Waals surface area contributed by atoms with E-state index in [0.717, 1.165) is 0 Å². The van der Waals surface area contributed by atoms with Crippen molar-refractivity contribution in [3.63, 3.8) is 0 Å². The molecule has 136 valence electrons. The topological polar surface area (TPSA) is 108 Å². The van der Waals surface area contributed by atoms with Gasteiger partial charge in [-0.3, -0.25) is 9.59 Å². The average Bonchev–Trinajstić information content (AvgIpc) is 2.58. The van der Waals surface area contributed by atoms with Crippen LogP contribution in [0.2, 0.25) is 0 Å². The van der Waals surface area contributed by atoms with E-state index in [2.05, 4.69) is 10.6 Å². The fourth-order valence-electron chi connectivity index (χ4n) is 2.67. The number of carbonyl (C=O) groups is 3. The average molecular weight is 349 g/mol. The Morgan fingerprint density at radius 2 is 2.16 bits per heavy atom. The van der Waals surface area contributed by atoms with Gasteiger partial charge in [0, 0.05) is 31.8 Å². The number of benzene rings is 1. The minimum atomic E-state index is -0.861. The summed E-state index contributed by atoms with van der Waals surface area (Å²) in [6.07, 6.45) is 1.30. The fourth-order valence-corrected chi connectivity index (χ4v) is 2.67. The van der Waals surface area contributed by atoms with E-state index in [1.54, 1.807) is 24.3 Å². The number of likely N-dealkylation sites (tertiary alicyclic amines) is 1. The van der Waals surface area contributed by atoms with Crippen LogP contribution in [-0.2, 0) is 9.59 Å². The Balaban J connectivity index is 1.73. The minimum Gasteiger partial charge on any atom is -0.492 e. The molecule has 1 saturated heterocycles. The predicted octanol–water partition coefficient (Wildman–Crippen LogP) is 1.53. The zero-order valence-corrected chi connectivity index (χ0v) is 14.2. The van der Waals surface area contributed by atoms with Gasteiger partial charge in [0.25, 0.3) is 0 Å². The number of rotatable bonds is 6. The molecule has 1 fully saturated rings. The van der Waals surface area contributed by atoms with E-state index < -0.39 is 11.9 Å². The molecule has 0 saturated carbocycles. The van der Waals surface area contributed by atoms with E-state index in [1.165, 1.54) is 11.8 Å². The number of amides is 3. The summed E-state index contributed by atoms with van der Waals surface area (Å²) in [7, 11) is 0. The predicted molar refractivity (Wildman–Crippen MR) is 91.6 cm³/mol. The van der Waals surface area contributed by atoms with Crippen LogP contribution in [0, 0.1) is 5.92 Å². The highest BCUT2D eigenvalue weighted by atomic mass is 16.5. The lowest BCUT2D eigenvalue weighted by Gasteiger charge is -2.30. The summed E-state index contributed by atoms with van der Waals surface area (Å²) in [5, 5.41) is 14.4. The molecule has 1 aliphatic heterocycles. The van der Waals surface area contributed by atoms with Gasteiger partial charge in [-0.2, -0.15) is 0 Å². The Labute approximate surface area is 146 Å². The highest BCUT2D eigenvalue weighted by molar-refractivity contribution is 5.88. The number of urea groups is 1. The largest absolute Gasteiger partial charge is 0.492 e. The molecule has 25 heavy (non-hydrogen) atoms. The molecule has 0 bridgehead atoms. The SMILES string of the molecule is CC(=O)Nc1cccc(OCCNC(=O)N2CCCC(C(=O)O)C2)c1. The monoisotopic (exact) mass is 349 g/mol. The summed E-state index contributed by atoms with van der Waals surface area (Å²) in [4.78, 5) is 35.7. The van der Waals surface area contributed by atoms with Gasteiger partial charge in [0.15, 0.2) is 0 Å². The molecule has 8 nitrogen and oxygen atoms in total. The normalized spacial score (nSPS) is 16.8. The number of carbonyl (C=O) groups excluding carboxylic acids is 2. The molecule has 0 aromatic heterocycles. The van der Waals surface area contributed by atoms with Crippen LogP contribution < -0.4 is 15.4 Å². The lowest BCUT2D eigenvalue weighted by molar-refractivity contribution is -0.143. The molecular weight excluding hydrogens is 326 g/mol. The molecule has 0 aliphatic carbocycles.